The number of nitrogens with one attached hydrogen (secondary N) is 1. The van der Waals surface area contributed by atoms with Crippen LogP contribution in [-0.4, -0.2) is 31.5 Å². The molecular formula is C15H22ClNO3. The predicted molar refractivity (Wildman–Crippen MR) is 79.6 cm³/mol. The SMILES string of the molecule is COc1ccc(CNC(C)(CO)C2CC2)c(Cl)c1OC. The third-order valence-electron chi connectivity index (χ3n) is 4.05. The van der Waals surface area contributed by atoms with E-state index in [0.29, 0.717) is 29.0 Å². The number of methoxy groups -OCH3 is 2. The van der Waals surface area contributed by atoms with E-state index in [1.807, 2.05) is 12.1 Å². The Bertz CT molecular complexity index is 476. The number of aliphatic hydroxyl groups is 1. The van der Waals surface area contributed by atoms with Crippen molar-refractivity contribution in [1.82, 2.24) is 5.32 Å². The Morgan fingerprint density at radius 2 is 2.05 bits per heavy atom. The second-order valence-corrected chi connectivity index (χ2v) is 5.86. The summed E-state index contributed by atoms with van der Waals surface area (Å²) in [6, 6.07) is 3.76. The molecule has 0 radical (unpaired) electrons. The molecule has 1 aromatic rings. The highest BCUT2D eigenvalue weighted by atomic mass is 35.5. The summed E-state index contributed by atoms with van der Waals surface area (Å²) in [6.45, 7) is 2.77. The van der Waals surface area contributed by atoms with Gasteiger partial charge in [-0.25, -0.2) is 0 Å². The summed E-state index contributed by atoms with van der Waals surface area (Å²) < 4.78 is 10.5. The van der Waals surface area contributed by atoms with Crippen LogP contribution in [0.3, 0.4) is 0 Å². The van der Waals surface area contributed by atoms with Gasteiger partial charge in [-0.15, -0.1) is 0 Å². The zero-order chi connectivity index (χ0) is 14.8. The first kappa shape index (κ1) is 15.4. The topological polar surface area (TPSA) is 50.7 Å². The molecule has 1 atom stereocenters. The number of hydrogen-bond donors (Lipinski definition) is 2. The summed E-state index contributed by atoms with van der Waals surface area (Å²) in [5.74, 6) is 1.71. The van der Waals surface area contributed by atoms with Gasteiger partial charge in [0.05, 0.1) is 25.8 Å². The largest absolute Gasteiger partial charge is 0.493 e. The molecule has 5 heteroatoms. The minimum absolute atomic E-state index is 0.128. The van der Waals surface area contributed by atoms with Gasteiger partial charge in [-0.1, -0.05) is 17.7 Å². The third-order valence-corrected chi connectivity index (χ3v) is 4.47. The Labute approximate surface area is 125 Å². The molecule has 0 amide bonds. The zero-order valence-electron chi connectivity index (χ0n) is 12.2. The average molecular weight is 300 g/mol. The van der Waals surface area contributed by atoms with Gasteiger partial charge in [-0.05, 0) is 37.3 Å². The zero-order valence-corrected chi connectivity index (χ0v) is 13.0. The molecule has 2 rings (SSSR count). The van der Waals surface area contributed by atoms with Gasteiger partial charge in [0.1, 0.15) is 0 Å². The highest BCUT2D eigenvalue weighted by Gasteiger charge is 2.40. The standard InChI is InChI=1S/C15H22ClNO3/c1-15(9-18,11-5-6-11)17-8-10-4-7-12(19-2)14(20-3)13(10)16/h4,7,11,17-18H,5-6,8-9H2,1-3H3. The van der Waals surface area contributed by atoms with Crippen molar-refractivity contribution >= 4 is 11.6 Å². The number of aliphatic hydroxyl groups excluding tert-OH is 1. The van der Waals surface area contributed by atoms with E-state index in [1.165, 1.54) is 12.8 Å². The van der Waals surface area contributed by atoms with Crippen molar-refractivity contribution in [3.63, 3.8) is 0 Å². The van der Waals surface area contributed by atoms with Crippen molar-refractivity contribution in [2.24, 2.45) is 5.92 Å². The number of benzene rings is 1. The maximum Gasteiger partial charge on any atom is 0.179 e. The summed E-state index contributed by atoms with van der Waals surface area (Å²) >= 11 is 6.35. The monoisotopic (exact) mass is 299 g/mol. The average Bonchev–Trinajstić information content (AvgIpc) is 3.30. The first-order chi connectivity index (χ1) is 9.55. The van der Waals surface area contributed by atoms with Gasteiger partial charge in [0.15, 0.2) is 11.5 Å². The second kappa shape index (κ2) is 6.20. The molecule has 0 bridgehead atoms. The number of hydrogen-bond acceptors (Lipinski definition) is 4. The van der Waals surface area contributed by atoms with Crippen LogP contribution in [0.4, 0.5) is 0 Å². The number of ether oxygens (including phenoxy) is 2. The van der Waals surface area contributed by atoms with Gasteiger partial charge in [0, 0.05) is 12.1 Å². The van der Waals surface area contributed by atoms with Crippen LogP contribution in [0.15, 0.2) is 12.1 Å². The van der Waals surface area contributed by atoms with Crippen LogP contribution in [0, 0.1) is 5.92 Å². The molecule has 1 unspecified atom stereocenters. The van der Waals surface area contributed by atoms with Crippen molar-refractivity contribution in [3.05, 3.63) is 22.7 Å². The molecule has 1 fully saturated rings. The van der Waals surface area contributed by atoms with Crippen LogP contribution in [0.5, 0.6) is 11.5 Å². The molecule has 1 saturated carbocycles. The molecule has 20 heavy (non-hydrogen) atoms. The van der Waals surface area contributed by atoms with Gasteiger partial charge >= 0.3 is 0 Å². The minimum atomic E-state index is -0.240. The lowest BCUT2D eigenvalue weighted by Crippen LogP contribution is -2.47. The first-order valence-electron chi connectivity index (χ1n) is 6.81. The highest BCUT2D eigenvalue weighted by molar-refractivity contribution is 6.33. The smallest absolute Gasteiger partial charge is 0.179 e. The van der Waals surface area contributed by atoms with Crippen LogP contribution in [-0.2, 0) is 6.54 Å². The molecule has 112 valence electrons. The molecule has 0 aliphatic heterocycles. The molecule has 1 aliphatic carbocycles. The van der Waals surface area contributed by atoms with Crippen LogP contribution < -0.4 is 14.8 Å². The molecule has 0 saturated heterocycles. The summed E-state index contributed by atoms with van der Waals surface area (Å²) in [6.07, 6.45) is 2.34. The Morgan fingerprint density at radius 1 is 1.35 bits per heavy atom. The summed E-state index contributed by atoms with van der Waals surface area (Å²) in [5, 5.41) is 13.6. The van der Waals surface area contributed by atoms with Crippen molar-refractivity contribution in [1.29, 1.82) is 0 Å². The molecule has 2 N–H and O–H groups in total. The van der Waals surface area contributed by atoms with E-state index in [4.69, 9.17) is 21.1 Å². The van der Waals surface area contributed by atoms with Crippen molar-refractivity contribution < 1.29 is 14.6 Å². The van der Waals surface area contributed by atoms with Crippen molar-refractivity contribution in [3.8, 4) is 11.5 Å². The van der Waals surface area contributed by atoms with Gasteiger partial charge < -0.3 is 19.9 Å². The lowest BCUT2D eigenvalue weighted by Gasteiger charge is -2.29. The number of rotatable bonds is 7. The Balaban J connectivity index is 2.13. The molecule has 4 nitrogen and oxygen atoms in total. The first-order valence-corrected chi connectivity index (χ1v) is 7.18. The Kier molecular flexibility index (Phi) is 4.78. The fourth-order valence-corrected chi connectivity index (χ4v) is 2.71. The quantitative estimate of drug-likeness (QED) is 0.812. The molecule has 1 aliphatic rings. The van der Waals surface area contributed by atoms with E-state index in [9.17, 15) is 5.11 Å². The molecular weight excluding hydrogens is 278 g/mol. The van der Waals surface area contributed by atoms with Crippen molar-refractivity contribution in [2.75, 3.05) is 20.8 Å². The maximum absolute atomic E-state index is 9.59. The van der Waals surface area contributed by atoms with Gasteiger partial charge in [0.2, 0.25) is 0 Å². The lowest BCUT2D eigenvalue weighted by atomic mass is 9.96. The van der Waals surface area contributed by atoms with E-state index < -0.39 is 0 Å². The summed E-state index contributed by atoms with van der Waals surface area (Å²) in [5.41, 5.74) is 0.695. The van der Waals surface area contributed by atoms with E-state index in [0.717, 1.165) is 5.56 Å². The van der Waals surface area contributed by atoms with Crippen LogP contribution in [0.1, 0.15) is 25.3 Å². The van der Waals surface area contributed by atoms with Crippen LogP contribution >= 0.6 is 11.6 Å². The third kappa shape index (κ3) is 3.03. The van der Waals surface area contributed by atoms with E-state index in [2.05, 4.69) is 12.2 Å². The fourth-order valence-electron chi connectivity index (χ4n) is 2.41. The fraction of sp³-hybridized carbons (Fsp3) is 0.600. The van der Waals surface area contributed by atoms with Crippen molar-refractivity contribution in [2.45, 2.75) is 31.8 Å². The molecule has 0 heterocycles. The predicted octanol–water partition coefficient (Wildman–Crippen LogP) is 2.61. The maximum atomic E-state index is 9.59. The molecule has 0 aromatic heterocycles. The summed E-state index contributed by atoms with van der Waals surface area (Å²) in [4.78, 5) is 0. The Morgan fingerprint density at radius 3 is 2.55 bits per heavy atom. The van der Waals surface area contributed by atoms with Gasteiger partial charge in [-0.2, -0.15) is 0 Å². The second-order valence-electron chi connectivity index (χ2n) is 5.48. The normalized spacial score (nSPS) is 17.6. The van der Waals surface area contributed by atoms with E-state index in [-0.39, 0.29) is 12.1 Å². The number of halogens is 1. The molecule has 0 spiro atoms. The lowest BCUT2D eigenvalue weighted by molar-refractivity contribution is 0.153. The van der Waals surface area contributed by atoms with Gasteiger partial charge in [-0.3, -0.25) is 0 Å². The van der Waals surface area contributed by atoms with Crippen LogP contribution in [0.25, 0.3) is 0 Å². The van der Waals surface area contributed by atoms with E-state index in [1.54, 1.807) is 14.2 Å². The Hall–Kier alpha value is -0.970. The highest BCUT2D eigenvalue weighted by Crippen LogP contribution is 2.40. The molecule has 1 aromatic carbocycles. The summed E-state index contributed by atoms with van der Waals surface area (Å²) in [7, 11) is 3.16. The van der Waals surface area contributed by atoms with Gasteiger partial charge in [0.25, 0.3) is 0 Å². The van der Waals surface area contributed by atoms with E-state index >= 15 is 0 Å². The van der Waals surface area contributed by atoms with Crippen LogP contribution in [0.2, 0.25) is 5.02 Å². The minimum Gasteiger partial charge on any atom is -0.493 e.